The third kappa shape index (κ3) is 5.29. The number of fused-ring (bicyclic) bond motifs is 2. The zero-order chi connectivity index (χ0) is 25.6. The van der Waals surface area contributed by atoms with Gasteiger partial charge in [0.1, 0.15) is 11.4 Å². The van der Waals surface area contributed by atoms with Gasteiger partial charge in [0.15, 0.2) is 0 Å². The van der Waals surface area contributed by atoms with E-state index in [4.69, 9.17) is 10.5 Å². The molecule has 2 N–H and O–H groups in total. The number of imidazole rings is 1. The van der Waals surface area contributed by atoms with Crippen molar-refractivity contribution in [1.29, 1.82) is 0 Å². The third-order valence-corrected chi connectivity index (χ3v) is 7.12. The van der Waals surface area contributed by atoms with Crippen LogP contribution in [-0.4, -0.2) is 34.3 Å². The van der Waals surface area contributed by atoms with E-state index < -0.39 is 11.7 Å². The number of anilines is 1. The molecule has 1 aliphatic heterocycles. The molecule has 0 spiro atoms. The van der Waals surface area contributed by atoms with Crippen LogP contribution in [0.3, 0.4) is 0 Å². The van der Waals surface area contributed by atoms with E-state index >= 15 is 0 Å². The molecular formula is C28H37FN4O2. The van der Waals surface area contributed by atoms with Crippen LogP contribution in [0.1, 0.15) is 53.5 Å². The Labute approximate surface area is 207 Å². The zero-order valence-electron chi connectivity index (χ0n) is 21.6. The van der Waals surface area contributed by atoms with Crippen molar-refractivity contribution in [2.45, 2.75) is 65.5 Å². The van der Waals surface area contributed by atoms with Crippen LogP contribution in [0, 0.1) is 17.2 Å². The summed E-state index contributed by atoms with van der Waals surface area (Å²) in [5.41, 5.74) is 8.40. The second-order valence-corrected chi connectivity index (χ2v) is 12.0. The maximum atomic E-state index is 14.1. The predicted octanol–water partition coefficient (Wildman–Crippen LogP) is 5.88. The van der Waals surface area contributed by atoms with Crippen molar-refractivity contribution < 1.29 is 13.9 Å². The molecule has 1 aliphatic rings. The number of nitrogens with two attached hydrogens (primary N) is 1. The van der Waals surface area contributed by atoms with Crippen molar-refractivity contribution in [3.8, 4) is 0 Å². The van der Waals surface area contributed by atoms with Crippen LogP contribution in [-0.2, 0) is 16.7 Å². The molecule has 188 valence electrons. The Hall–Kier alpha value is -3.09. The van der Waals surface area contributed by atoms with Crippen molar-refractivity contribution >= 4 is 22.8 Å². The van der Waals surface area contributed by atoms with Crippen molar-refractivity contribution in [2.24, 2.45) is 17.1 Å². The Morgan fingerprint density at radius 2 is 1.91 bits per heavy atom. The van der Waals surface area contributed by atoms with Crippen LogP contribution < -0.4 is 10.6 Å². The number of primary amides is 1. The first kappa shape index (κ1) is 25.0. The summed E-state index contributed by atoms with van der Waals surface area (Å²) in [6.07, 6.45) is 1.86. The number of rotatable bonds is 7. The molecule has 2 aromatic carbocycles. The Bertz CT molecular complexity index is 1230. The van der Waals surface area contributed by atoms with Crippen LogP contribution in [0.5, 0.6) is 0 Å². The Morgan fingerprint density at radius 1 is 1.20 bits per heavy atom. The average molecular weight is 481 g/mol. The van der Waals surface area contributed by atoms with Crippen molar-refractivity contribution in [1.82, 2.24) is 9.55 Å². The number of benzene rings is 2. The number of ether oxygens (including phenoxy) is 1. The van der Waals surface area contributed by atoms with E-state index in [1.807, 2.05) is 37.5 Å². The lowest BCUT2D eigenvalue weighted by Crippen LogP contribution is -2.52. The van der Waals surface area contributed by atoms with Crippen LogP contribution in [0.15, 0.2) is 48.8 Å². The number of amides is 1. The molecule has 0 fully saturated rings. The molecule has 0 saturated carbocycles. The Kier molecular flexibility index (Phi) is 6.32. The van der Waals surface area contributed by atoms with Gasteiger partial charge in [-0.2, -0.15) is 0 Å². The first-order valence-corrected chi connectivity index (χ1v) is 12.2. The highest BCUT2D eigenvalue weighted by Gasteiger charge is 2.45. The first-order chi connectivity index (χ1) is 16.3. The smallest absolute Gasteiger partial charge is 0.405 e. The number of hydrogen-bond acceptors (Lipinski definition) is 4. The highest BCUT2D eigenvalue weighted by Crippen LogP contribution is 2.43. The van der Waals surface area contributed by atoms with Gasteiger partial charge in [0.2, 0.25) is 0 Å². The molecule has 1 aromatic heterocycles. The van der Waals surface area contributed by atoms with Gasteiger partial charge in [-0.15, -0.1) is 0 Å². The molecule has 3 aromatic rings. The quantitative estimate of drug-likeness (QED) is 0.458. The molecule has 2 heterocycles. The number of halogens is 1. The molecule has 2 atom stereocenters. The van der Waals surface area contributed by atoms with Gasteiger partial charge in [-0.3, -0.25) is 0 Å². The number of para-hydroxylation sites is 2. The number of carbonyl (C=O) groups excluding carboxylic acids is 1. The molecule has 7 heteroatoms. The third-order valence-electron chi connectivity index (χ3n) is 7.12. The van der Waals surface area contributed by atoms with E-state index in [0.717, 1.165) is 28.7 Å². The average Bonchev–Trinajstić information content (AvgIpc) is 3.24. The standard InChI is InChI=1S/C28H37FN4O2/c1-26(2,3)14-19(15-32-18-31-22-9-7-8-10-24(22)32)28(6,35-25(30)34)17-33-16-27(4,5)21-13-20(29)11-12-23(21)33/h7-13,18-19H,14-17H2,1-6H3,(H2,30,34)/t19?,28-/m1/s1. The van der Waals surface area contributed by atoms with Gasteiger partial charge in [0.25, 0.3) is 0 Å². The van der Waals surface area contributed by atoms with E-state index in [1.54, 1.807) is 6.07 Å². The fourth-order valence-corrected chi connectivity index (χ4v) is 5.57. The van der Waals surface area contributed by atoms with Gasteiger partial charge in [-0.1, -0.05) is 46.8 Å². The SMILES string of the molecule is CC(C)(C)CC(Cn1cnc2ccccc21)[C@@](C)(CN1CC(C)(C)c2cc(F)ccc21)OC(N)=O. The molecule has 0 saturated heterocycles. The zero-order valence-corrected chi connectivity index (χ0v) is 21.6. The van der Waals surface area contributed by atoms with Crippen molar-refractivity contribution in [3.05, 3.63) is 60.2 Å². The van der Waals surface area contributed by atoms with E-state index in [9.17, 15) is 9.18 Å². The van der Waals surface area contributed by atoms with Gasteiger partial charge in [0.05, 0.1) is 23.9 Å². The molecule has 35 heavy (non-hydrogen) atoms. The molecule has 6 nitrogen and oxygen atoms in total. The molecule has 0 aliphatic carbocycles. The second kappa shape index (κ2) is 8.85. The first-order valence-electron chi connectivity index (χ1n) is 12.2. The number of hydrogen-bond donors (Lipinski definition) is 1. The molecule has 4 rings (SSSR count). The summed E-state index contributed by atoms with van der Waals surface area (Å²) in [7, 11) is 0. The van der Waals surface area contributed by atoms with Crippen LogP contribution in [0.2, 0.25) is 0 Å². The highest BCUT2D eigenvalue weighted by molar-refractivity contribution is 5.75. The summed E-state index contributed by atoms with van der Waals surface area (Å²) in [5, 5.41) is 0. The number of nitrogens with zero attached hydrogens (tertiary/aromatic N) is 3. The molecule has 0 bridgehead atoms. The summed E-state index contributed by atoms with van der Waals surface area (Å²) in [5.74, 6) is -0.298. The van der Waals surface area contributed by atoms with E-state index in [0.29, 0.717) is 19.6 Å². The normalized spacial score (nSPS) is 17.7. The van der Waals surface area contributed by atoms with Crippen molar-refractivity contribution in [3.63, 3.8) is 0 Å². The van der Waals surface area contributed by atoms with E-state index in [1.165, 1.54) is 6.07 Å². The van der Waals surface area contributed by atoms with E-state index in [2.05, 4.69) is 55.1 Å². The summed E-state index contributed by atoms with van der Waals surface area (Å²) < 4.78 is 22.2. The predicted molar refractivity (Wildman–Crippen MR) is 138 cm³/mol. The molecule has 1 amide bonds. The van der Waals surface area contributed by atoms with Gasteiger partial charge in [-0.25, -0.2) is 14.2 Å². The summed E-state index contributed by atoms with van der Waals surface area (Å²) in [4.78, 5) is 19.0. The topological polar surface area (TPSA) is 73.4 Å². The fourth-order valence-electron chi connectivity index (χ4n) is 5.57. The Morgan fingerprint density at radius 3 is 2.60 bits per heavy atom. The van der Waals surface area contributed by atoms with Gasteiger partial charge in [0, 0.05) is 30.1 Å². The minimum atomic E-state index is -0.892. The molecule has 0 radical (unpaired) electrons. The minimum absolute atomic E-state index is 0.0192. The van der Waals surface area contributed by atoms with Gasteiger partial charge in [-0.05, 0) is 54.7 Å². The van der Waals surface area contributed by atoms with E-state index in [-0.39, 0.29) is 22.6 Å². The summed E-state index contributed by atoms with van der Waals surface area (Å²) in [6.45, 7) is 14.5. The van der Waals surface area contributed by atoms with Gasteiger partial charge >= 0.3 is 6.09 Å². The van der Waals surface area contributed by atoms with Gasteiger partial charge < -0.3 is 19.9 Å². The molecular weight excluding hydrogens is 443 g/mol. The largest absolute Gasteiger partial charge is 0.441 e. The Balaban J connectivity index is 1.73. The number of carbonyl (C=O) groups is 1. The minimum Gasteiger partial charge on any atom is -0.441 e. The number of aromatic nitrogens is 2. The highest BCUT2D eigenvalue weighted by atomic mass is 19.1. The maximum Gasteiger partial charge on any atom is 0.405 e. The maximum absolute atomic E-state index is 14.1. The van der Waals surface area contributed by atoms with Crippen molar-refractivity contribution in [2.75, 3.05) is 18.0 Å². The van der Waals surface area contributed by atoms with Crippen LogP contribution in [0.25, 0.3) is 11.0 Å². The lowest BCUT2D eigenvalue weighted by Gasteiger charge is -2.42. The molecule has 1 unspecified atom stereocenters. The lowest BCUT2D eigenvalue weighted by molar-refractivity contribution is -0.0294. The lowest BCUT2D eigenvalue weighted by atomic mass is 9.76. The summed E-state index contributed by atoms with van der Waals surface area (Å²) in [6, 6.07) is 13.0. The summed E-state index contributed by atoms with van der Waals surface area (Å²) >= 11 is 0. The van der Waals surface area contributed by atoms with Crippen LogP contribution >= 0.6 is 0 Å². The fraction of sp³-hybridized carbons (Fsp3) is 0.500. The monoisotopic (exact) mass is 480 g/mol. The van der Waals surface area contributed by atoms with Crippen LogP contribution in [0.4, 0.5) is 14.9 Å². The second-order valence-electron chi connectivity index (χ2n) is 12.0.